The zero-order valence-corrected chi connectivity index (χ0v) is 10.3. The third-order valence-electron chi connectivity index (χ3n) is 2.16. The fraction of sp³-hybridized carbons (Fsp3) is 0.455. The lowest BCUT2D eigenvalue weighted by atomic mass is 10.2. The van der Waals surface area contributed by atoms with Gasteiger partial charge in [0.05, 0.1) is 0 Å². The Kier molecular flexibility index (Phi) is 3.66. The Balaban J connectivity index is 1.93. The molecule has 4 nitrogen and oxygen atoms in total. The van der Waals surface area contributed by atoms with E-state index < -0.39 is 0 Å². The van der Waals surface area contributed by atoms with Gasteiger partial charge >= 0.3 is 0 Å². The minimum atomic E-state index is 0.553. The van der Waals surface area contributed by atoms with Crippen LogP contribution in [0.25, 0.3) is 11.6 Å². The van der Waals surface area contributed by atoms with E-state index in [9.17, 15) is 0 Å². The lowest BCUT2D eigenvalue weighted by Crippen LogP contribution is -1.89. The molecule has 0 aliphatic carbocycles. The molecule has 16 heavy (non-hydrogen) atoms. The summed E-state index contributed by atoms with van der Waals surface area (Å²) < 4.78 is 5.52. The maximum absolute atomic E-state index is 5.52. The Morgan fingerprint density at radius 3 is 3.00 bits per heavy atom. The van der Waals surface area contributed by atoms with Gasteiger partial charge in [0.25, 0.3) is 11.1 Å². The Hall–Kier alpha value is -1.23. The second kappa shape index (κ2) is 5.21. The topological polar surface area (TPSA) is 54.7 Å². The van der Waals surface area contributed by atoms with Gasteiger partial charge in [0.2, 0.25) is 0 Å². The molecule has 5 heteroatoms. The molecular weight excluding hydrogens is 222 g/mol. The van der Waals surface area contributed by atoms with E-state index >= 15 is 0 Å². The van der Waals surface area contributed by atoms with Crippen molar-refractivity contribution in [1.29, 1.82) is 0 Å². The van der Waals surface area contributed by atoms with Crippen LogP contribution in [-0.2, 0) is 0 Å². The third-order valence-corrected chi connectivity index (χ3v) is 3.01. The normalized spacial score (nSPS) is 11.2. The first-order valence-corrected chi connectivity index (χ1v) is 6.34. The quantitative estimate of drug-likeness (QED) is 0.811. The summed E-state index contributed by atoms with van der Waals surface area (Å²) in [5.74, 6) is 2.28. The van der Waals surface area contributed by atoms with Crippen molar-refractivity contribution < 1.29 is 4.42 Å². The van der Waals surface area contributed by atoms with Crippen molar-refractivity contribution in [3.05, 3.63) is 18.3 Å². The number of H-pyrrole nitrogens is 1. The van der Waals surface area contributed by atoms with Crippen molar-refractivity contribution >= 4 is 11.8 Å². The molecule has 86 valence electrons. The van der Waals surface area contributed by atoms with Crippen molar-refractivity contribution in [1.82, 2.24) is 15.2 Å². The summed E-state index contributed by atoms with van der Waals surface area (Å²) in [4.78, 5) is 3.04. The van der Waals surface area contributed by atoms with Gasteiger partial charge in [-0.3, -0.25) is 0 Å². The summed E-state index contributed by atoms with van der Waals surface area (Å²) in [5.41, 5.74) is 0.864. The Bertz CT molecular complexity index is 422. The number of rotatable bonds is 5. The molecule has 0 saturated heterocycles. The highest BCUT2D eigenvalue weighted by atomic mass is 32.2. The zero-order valence-electron chi connectivity index (χ0n) is 9.43. The molecule has 0 fully saturated rings. The molecule has 0 aliphatic rings. The van der Waals surface area contributed by atoms with Crippen molar-refractivity contribution in [2.45, 2.75) is 25.5 Å². The lowest BCUT2D eigenvalue weighted by molar-refractivity contribution is 0.464. The molecule has 0 bridgehead atoms. The molecule has 0 aliphatic heterocycles. The highest BCUT2D eigenvalue weighted by molar-refractivity contribution is 7.99. The number of hydrogen-bond acceptors (Lipinski definition) is 4. The number of aromatic amines is 1. The maximum Gasteiger partial charge on any atom is 0.276 e. The molecule has 0 radical (unpaired) electrons. The summed E-state index contributed by atoms with van der Waals surface area (Å²) in [6, 6.07) is 3.82. The first kappa shape index (κ1) is 11.3. The number of nitrogens with one attached hydrogen (secondary N) is 1. The zero-order chi connectivity index (χ0) is 11.4. The van der Waals surface area contributed by atoms with Gasteiger partial charge in [-0.1, -0.05) is 25.6 Å². The van der Waals surface area contributed by atoms with Crippen LogP contribution in [0.2, 0.25) is 0 Å². The van der Waals surface area contributed by atoms with Crippen LogP contribution in [0.4, 0.5) is 0 Å². The van der Waals surface area contributed by atoms with E-state index in [4.69, 9.17) is 4.42 Å². The first-order chi connectivity index (χ1) is 7.75. The van der Waals surface area contributed by atoms with Gasteiger partial charge in [0.1, 0.15) is 5.69 Å². The van der Waals surface area contributed by atoms with E-state index in [1.54, 1.807) is 11.8 Å². The molecule has 2 aromatic rings. The van der Waals surface area contributed by atoms with Crippen molar-refractivity contribution in [3.63, 3.8) is 0 Å². The van der Waals surface area contributed by atoms with E-state index in [1.807, 2.05) is 18.3 Å². The van der Waals surface area contributed by atoms with Gasteiger partial charge in [-0.15, -0.1) is 10.2 Å². The molecular formula is C11H15N3OS. The highest BCUT2D eigenvalue weighted by Gasteiger charge is 2.09. The SMILES string of the molecule is CC(C)CCSc1nnc(-c2ccc[nH]2)o1. The molecule has 0 spiro atoms. The van der Waals surface area contributed by atoms with Crippen LogP contribution in [0.5, 0.6) is 0 Å². The largest absolute Gasteiger partial charge is 0.410 e. The predicted octanol–water partition coefficient (Wildman–Crippen LogP) is 3.20. The molecule has 2 aromatic heterocycles. The summed E-state index contributed by atoms with van der Waals surface area (Å²) in [6.07, 6.45) is 3.00. The molecule has 2 heterocycles. The Morgan fingerprint density at radius 2 is 2.31 bits per heavy atom. The molecule has 0 atom stereocenters. The monoisotopic (exact) mass is 237 g/mol. The smallest absolute Gasteiger partial charge is 0.276 e. The van der Waals surface area contributed by atoms with E-state index in [1.165, 1.54) is 0 Å². The van der Waals surface area contributed by atoms with Crippen LogP contribution >= 0.6 is 11.8 Å². The van der Waals surface area contributed by atoms with Crippen LogP contribution < -0.4 is 0 Å². The van der Waals surface area contributed by atoms with Crippen LogP contribution in [0.1, 0.15) is 20.3 Å². The summed E-state index contributed by atoms with van der Waals surface area (Å²) in [6.45, 7) is 4.41. The minimum Gasteiger partial charge on any atom is -0.410 e. The molecule has 0 amide bonds. The van der Waals surface area contributed by atoms with Crippen LogP contribution in [0.3, 0.4) is 0 Å². The average Bonchev–Trinajstić information content (AvgIpc) is 2.85. The lowest BCUT2D eigenvalue weighted by Gasteiger charge is -2.00. The Morgan fingerprint density at radius 1 is 1.44 bits per heavy atom. The number of hydrogen-bond donors (Lipinski definition) is 1. The number of thioether (sulfide) groups is 1. The summed E-state index contributed by atoms with van der Waals surface area (Å²) in [7, 11) is 0. The maximum atomic E-state index is 5.52. The van der Waals surface area contributed by atoms with Crippen molar-refractivity contribution in [2.75, 3.05) is 5.75 Å². The van der Waals surface area contributed by atoms with E-state index in [2.05, 4.69) is 29.0 Å². The van der Waals surface area contributed by atoms with Gasteiger partial charge < -0.3 is 9.40 Å². The standard InChI is InChI=1S/C11H15N3OS/c1-8(2)5-7-16-11-14-13-10(15-11)9-4-3-6-12-9/h3-4,6,8,12H,5,7H2,1-2H3. The Labute approximate surface area is 98.8 Å². The van der Waals surface area contributed by atoms with Gasteiger partial charge in [-0.2, -0.15) is 0 Å². The second-order valence-corrected chi connectivity index (χ2v) is 5.03. The van der Waals surface area contributed by atoms with Crippen LogP contribution in [0, 0.1) is 5.92 Å². The van der Waals surface area contributed by atoms with Gasteiger partial charge in [0.15, 0.2) is 0 Å². The minimum absolute atomic E-state index is 0.553. The molecule has 2 rings (SSSR count). The fourth-order valence-electron chi connectivity index (χ4n) is 1.22. The predicted molar refractivity (Wildman–Crippen MR) is 64.3 cm³/mol. The first-order valence-electron chi connectivity index (χ1n) is 5.36. The molecule has 0 aromatic carbocycles. The second-order valence-electron chi connectivity index (χ2n) is 3.99. The van der Waals surface area contributed by atoms with Crippen molar-refractivity contribution in [3.8, 4) is 11.6 Å². The fourth-order valence-corrected chi connectivity index (χ4v) is 2.22. The average molecular weight is 237 g/mol. The van der Waals surface area contributed by atoms with E-state index in [-0.39, 0.29) is 0 Å². The van der Waals surface area contributed by atoms with E-state index in [0.717, 1.165) is 17.9 Å². The van der Waals surface area contributed by atoms with Crippen LogP contribution in [-0.4, -0.2) is 20.9 Å². The summed E-state index contributed by atoms with van der Waals surface area (Å²) in [5, 5.41) is 8.63. The van der Waals surface area contributed by atoms with Crippen LogP contribution in [0.15, 0.2) is 28.0 Å². The number of aromatic nitrogens is 3. The molecule has 0 saturated carbocycles. The van der Waals surface area contributed by atoms with Gasteiger partial charge in [-0.05, 0) is 24.5 Å². The third kappa shape index (κ3) is 2.88. The molecule has 1 N–H and O–H groups in total. The van der Waals surface area contributed by atoms with E-state index in [0.29, 0.717) is 17.0 Å². The summed E-state index contributed by atoms with van der Waals surface area (Å²) >= 11 is 1.61. The number of nitrogens with zero attached hydrogens (tertiary/aromatic N) is 2. The molecule has 0 unspecified atom stereocenters. The highest BCUT2D eigenvalue weighted by Crippen LogP contribution is 2.23. The van der Waals surface area contributed by atoms with Crippen molar-refractivity contribution in [2.24, 2.45) is 5.92 Å². The van der Waals surface area contributed by atoms with Gasteiger partial charge in [0, 0.05) is 11.9 Å². The van der Waals surface area contributed by atoms with Gasteiger partial charge in [-0.25, -0.2) is 0 Å².